The Bertz CT molecular complexity index is 1200. The predicted octanol–water partition coefficient (Wildman–Crippen LogP) is 4.28. The molecule has 7 heteroatoms. The van der Waals surface area contributed by atoms with E-state index in [2.05, 4.69) is 6.07 Å². The van der Waals surface area contributed by atoms with Crippen LogP contribution in [-0.2, 0) is 5.41 Å². The zero-order valence-electron chi connectivity index (χ0n) is 19.0. The molecule has 0 bridgehead atoms. The van der Waals surface area contributed by atoms with E-state index >= 15 is 0 Å². The number of benzene rings is 2. The second-order valence-corrected chi connectivity index (χ2v) is 9.42. The summed E-state index contributed by atoms with van der Waals surface area (Å²) in [4.78, 5) is 27.6. The third-order valence-electron chi connectivity index (χ3n) is 6.73. The largest absolute Gasteiger partial charge is 0.345 e. The highest BCUT2D eigenvalue weighted by molar-refractivity contribution is 6.30. The number of nitrogens with zero attached hydrogens (tertiary/aromatic N) is 3. The topological polar surface area (TPSA) is 81.2 Å². The zero-order valence-corrected chi connectivity index (χ0v) is 19.8. The number of hydrogen-bond acceptors (Lipinski definition) is 4. The molecular formula is C26H29ClN4O2. The number of nitrogens with two attached hydrogens (primary N) is 1. The summed E-state index contributed by atoms with van der Waals surface area (Å²) in [6, 6.07) is 19.0. The van der Waals surface area contributed by atoms with Crippen molar-refractivity contribution < 1.29 is 4.79 Å². The molecule has 1 aromatic heterocycles. The molecule has 4 rings (SSSR count). The maximum absolute atomic E-state index is 13.4. The van der Waals surface area contributed by atoms with E-state index in [4.69, 9.17) is 22.4 Å². The maximum Gasteiger partial charge on any atom is 0.279 e. The van der Waals surface area contributed by atoms with Crippen molar-refractivity contribution in [1.29, 1.82) is 0 Å². The van der Waals surface area contributed by atoms with Crippen LogP contribution in [0, 0.1) is 0 Å². The minimum Gasteiger partial charge on any atom is -0.345 e. The van der Waals surface area contributed by atoms with Crippen LogP contribution in [0.25, 0.3) is 11.3 Å². The van der Waals surface area contributed by atoms with E-state index in [0.29, 0.717) is 17.3 Å². The molecule has 1 amide bonds. The molecular weight excluding hydrogens is 436 g/mol. The molecule has 1 fully saturated rings. The van der Waals surface area contributed by atoms with Crippen LogP contribution in [0.4, 0.5) is 0 Å². The van der Waals surface area contributed by atoms with Gasteiger partial charge in [0.2, 0.25) is 0 Å². The fourth-order valence-electron chi connectivity index (χ4n) is 4.73. The van der Waals surface area contributed by atoms with Gasteiger partial charge < -0.3 is 10.6 Å². The normalized spacial score (nSPS) is 20.4. The average Bonchev–Trinajstić information content (AvgIpc) is 2.84. The standard InChI is InChI=1S/C26H29ClN4O2/c1-30(2)24(32)22-16-23(18-7-4-3-5-8-18)29-31(25(22)33)21-11-13-26(17-28,14-12-21)19-9-6-10-20(27)15-19/h3-10,15-16,21H,11-14,17,28H2,1-2H3/t21-,26-. The fourth-order valence-corrected chi connectivity index (χ4v) is 4.92. The van der Waals surface area contributed by atoms with Crippen molar-refractivity contribution in [2.45, 2.75) is 37.1 Å². The fraction of sp³-hybridized carbons (Fsp3) is 0.346. The average molecular weight is 465 g/mol. The molecule has 6 nitrogen and oxygen atoms in total. The van der Waals surface area contributed by atoms with E-state index in [1.165, 1.54) is 9.58 Å². The van der Waals surface area contributed by atoms with Crippen LogP contribution in [0.1, 0.15) is 47.6 Å². The quantitative estimate of drug-likeness (QED) is 0.611. The first-order chi connectivity index (χ1) is 15.8. The molecule has 33 heavy (non-hydrogen) atoms. The molecule has 172 valence electrons. The molecule has 3 aromatic rings. The Hall–Kier alpha value is -2.96. The smallest absolute Gasteiger partial charge is 0.279 e. The molecule has 0 unspecified atom stereocenters. The van der Waals surface area contributed by atoms with E-state index in [-0.39, 0.29) is 28.5 Å². The lowest BCUT2D eigenvalue weighted by molar-refractivity contribution is 0.0824. The summed E-state index contributed by atoms with van der Waals surface area (Å²) < 4.78 is 1.53. The van der Waals surface area contributed by atoms with Crippen molar-refractivity contribution in [1.82, 2.24) is 14.7 Å². The summed E-state index contributed by atoms with van der Waals surface area (Å²) in [6.07, 6.45) is 3.11. The van der Waals surface area contributed by atoms with Crippen LogP contribution in [0.15, 0.2) is 65.5 Å². The molecule has 2 aromatic carbocycles. The number of rotatable bonds is 5. The third-order valence-corrected chi connectivity index (χ3v) is 6.96. The minimum absolute atomic E-state index is 0.103. The van der Waals surface area contributed by atoms with Gasteiger partial charge in [0.25, 0.3) is 11.5 Å². The lowest BCUT2D eigenvalue weighted by Gasteiger charge is -2.40. The van der Waals surface area contributed by atoms with Gasteiger partial charge in [0, 0.05) is 36.6 Å². The molecule has 1 saturated carbocycles. The van der Waals surface area contributed by atoms with Gasteiger partial charge in [0.15, 0.2) is 0 Å². The lowest BCUT2D eigenvalue weighted by Crippen LogP contribution is -2.42. The Morgan fingerprint density at radius 3 is 2.42 bits per heavy atom. The Morgan fingerprint density at radius 2 is 1.82 bits per heavy atom. The molecule has 0 spiro atoms. The van der Waals surface area contributed by atoms with Crippen LogP contribution in [0.2, 0.25) is 5.02 Å². The zero-order chi connectivity index (χ0) is 23.6. The summed E-state index contributed by atoms with van der Waals surface area (Å²) in [7, 11) is 3.30. The second-order valence-electron chi connectivity index (χ2n) is 8.98. The van der Waals surface area contributed by atoms with Gasteiger partial charge in [-0.3, -0.25) is 9.59 Å². The van der Waals surface area contributed by atoms with Gasteiger partial charge in [-0.1, -0.05) is 54.1 Å². The van der Waals surface area contributed by atoms with Crippen molar-refractivity contribution in [3.63, 3.8) is 0 Å². The van der Waals surface area contributed by atoms with Gasteiger partial charge in [-0.2, -0.15) is 5.10 Å². The van der Waals surface area contributed by atoms with Crippen molar-refractivity contribution >= 4 is 17.5 Å². The molecule has 0 atom stereocenters. The highest BCUT2D eigenvalue weighted by Crippen LogP contribution is 2.42. The molecule has 2 N–H and O–H groups in total. The van der Waals surface area contributed by atoms with Crippen molar-refractivity contribution in [3.05, 3.63) is 87.2 Å². The Kier molecular flexibility index (Phi) is 6.68. The molecule has 0 aliphatic heterocycles. The van der Waals surface area contributed by atoms with Crippen molar-refractivity contribution in [2.24, 2.45) is 5.73 Å². The Morgan fingerprint density at radius 1 is 1.12 bits per heavy atom. The number of carbonyl (C=O) groups excluding carboxylic acids is 1. The van der Waals surface area contributed by atoms with Gasteiger partial charge in [-0.15, -0.1) is 0 Å². The van der Waals surface area contributed by atoms with Gasteiger partial charge >= 0.3 is 0 Å². The number of aromatic nitrogens is 2. The first-order valence-electron chi connectivity index (χ1n) is 11.2. The van der Waals surface area contributed by atoms with Crippen LogP contribution in [0.3, 0.4) is 0 Å². The Labute approximate surface area is 199 Å². The van der Waals surface area contributed by atoms with E-state index in [0.717, 1.165) is 36.8 Å². The second kappa shape index (κ2) is 9.49. The minimum atomic E-state index is -0.346. The van der Waals surface area contributed by atoms with Gasteiger partial charge in [0.05, 0.1) is 11.7 Å². The summed E-state index contributed by atoms with van der Waals surface area (Å²) in [6.45, 7) is 0.511. The van der Waals surface area contributed by atoms with Crippen LogP contribution >= 0.6 is 11.6 Å². The summed E-state index contributed by atoms with van der Waals surface area (Å²) in [5, 5.41) is 5.41. The molecule has 0 saturated heterocycles. The number of carbonyl (C=O) groups is 1. The SMILES string of the molecule is CN(C)C(=O)c1cc(-c2ccccc2)nn([C@H]2CC[C@](CN)(c3cccc(Cl)c3)CC2)c1=O. The number of amides is 1. The Balaban J connectivity index is 1.71. The molecule has 1 aliphatic carbocycles. The van der Waals surface area contributed by atoms with Gasteiger partial charge in [-0.05, 0) is 49.4 Å². The molecule has 1 aliphatic rings. The van der Waals surface area contributed by atoms with E-state index < -0.39 is 0 Å². The van der Waals surface area contributed by atoms with Crippen LogP contribution < -0.4 is 11.3 Å². The number of halogens is 1. The highest BCUT2D eigenvalue weighted by atomic mass is 35.5. The molecule has 0 radical (unpaired) electrons. The van der Waals surface area contributed by atoms with Crippen molar-refractivity contribution in [2.75, 3.05) is 20.6 Å². The van der Waals surface area contributed by atoms with E-state index in [9.17, 15) is 9.59 Å². The number of hydrogen-bond donors (Lipinski definition) is 1. The van der Waals surface area contributed by atoms with Crippen LogP contribution in [-0.4, -0.2) is 41.2 Å². The predicted molar refractivity (Wildman–Crippen MR) is 132 cm³/mol. The summed E-state index contributed by atoms with van der Waals surface area (Å²) in [5.74, 6) is -0.320. The third kappa shape index (κ3) is 4.59. The van der Waals surface area contributed by atoms with E-state index in [1.54, 1.807) is 20.2 Å². The van der Waals surface area contributed by atoms with E-state index in [1.807, 2.05) is 48.5 Å². The summed E-state index contributed by atoms with van der Waals surface area (Å²) in [5.41, 5.74) is 8.49. The lowest BCUT2D eigenvalue weighted by atomic mass is 9.68. The summed E-state index contributed by atoms with van der Waals surface area (Å²) >= 11 is 6.24. The van der Waals surface area contributed by atoms with Gasteiger partial charge in [-0.25, -0.2) is 4.68 Å². The molecule has 1 heterocycles. The van der Waals surface area contributed by atoms with Crippen molar-refractivity contribution in [3.8, 4) is 11.3 Å². The first-order valence-corrected chi connectivity index (χ1v) is 11.6. The van der Waals surface area contributed by atoms with Crippen LogP contribution in [0.5, 0.6) is 0 Å². The monoisotopic (exact) mass is 464 g/mol. The highest BCUT2D eigenvalue weighted by Gasteiger charge is 2.37. The maximum atomic E-state index is 13.4. The van der Waals surface area contributed by atoms with Gasteiger partial charge in [0.1, 0.15) is 5.56 Å². The first kappa shape index (κ1) is 23.2.